The maximum atomic E-state index is 2.41. The molecule has 0 N–H and O–H groups in total. The molecule has 0 bridgehead atoms. The Labute approximate surface area is 156 Å². The van der Waals surface area contributed by atoms with Gasteiger partial charge in [-0.25, -0.2) is 0 Å². The SMILES string of the molecule is CC(C)=CCC/C(C)=C/CC/C(C)=C/CC=CC(C)c1ccccc1. The first-order valence-electron chi connectivity index (χ1n) is 9.65. The van der Waals surface area contributed by atoms with Crippen molar-refractivity contribution in [3.8, 4) is 0 Å². The van der Waals surface area contributed by atoms with E-state index in [1.165, 1.54) is 41.5 Å². The lowest BCUT2D eigenvalue weighted by Gasteiger charge is -2.05. The minimum absolute atomic E-state index is 0.487. The Kier molecular flexibility index (Phi) is 10.6. The molecule has 0 fully saturated rings. The highest BCUT2D eigenvalue weighted by Crippen LogP contribution is 2.16. The molecule has 1 rings (SSSR count). The summed E-state index contributed by atoms with van der Waals surface area (Å²) in [5, 5.41) is 0. The molecule has 0 spiro atoms. The standard InChI is InChI=1S/C25H36/c1-21(2)13-11-15-23(4)17-12-16-22(3)14-9-10-18-24(5)25-19-7-6-8-20-25/h6-8,10,13-14,17-20,24H,9,11-12,15-16H2,1-5H3/b18-10?,22-14+,23-17+. The molecule has 1 atom stereocenters. The molecule has 0 nitrogen and oxygen atoms in total. The molecule has 0 saturated heterocycles. The number of rotatable bonds is 10. The normalized spacial score (nSPS) is 14.0. The third-order valence-electron chi connectivity index (χ3n) is 4.48. The summed E-state index contributed by atoms with van der Waals surface area (Å²) in [5.41, 5.74) is 5.81. The fourth-order valence-electron chi connectivity index (χ4n) is 2.76. The van der Waals surface area contributed by atoms with Gasteiger partial charge in [-0.2, -0.15) is 0 Å². The van der Waals surface area contributed by atoms with Crippen LogP contribution in [0.2, 0.25) is 0 Å². The second-order valence-corrected chi connectivity index (χ2v) is 7.32. The van der Waals surface area contributed by atoms with Crippen molar-refractivity contribution >= 4 is 0 Å². The van der Waals surface area contributed by atoms with E-state index >= 15 is 0 Å². The van der Waals surface area contributed by atoms with E-state index in [0.717, 1.165) is 12.8 Å². The van der Waals surface area contributed by atoms with E-state index < -0.39 is 0 Å². The third kappa shape index (κ3) is 10.6. The molecule has 0 radical (unpaired) electrons. The van der Waals surface area contributed by atoms with E-state index in [1.54, 1.807) is 0 Å². The van der Waals surface area contributed by atoms with E-state index in [2.05, 4.69) is 95.3 Å². The van der Waals surface area contributed by atoms with Crippen LogP contribution in [0.4, 0.5) is 0 Å². The van der Waals surface area contributed by atoms with E-state index in [9.17, 15) is 0 Å². The van der Waals surface area contributed by atoms with Gasteiger partial charge in [0.05, 0.1) is 0 Å². The predicted molar refractivity (Wildman–Crippen MR) is 114 cm³/mol. The lowest BCUT2D eigenvalue weighted by Crippen LogP contribution is -1.87. The lowest BCUT2D eigenvalue weighted by molar-refractivity contribution is 0.914. The topological polar surface area (TPSA) is 0 Å². The monoisotopic (exact) mass is 336 g/mol. The van der Waals surface area contributed by atoms with Gasteiger partial charge in [0.2, 0.25) is 0 Å². The fourth-order valence-corrected chi connectivity index (χ4v) is 2.76. The maximum Gasteiger partial charge on any atom is -0.00103 e. The van der Waals surface area contributed by atoms with Gasteiger partial charge in [-0.15, -0.1) is 0 Å². The minimum Gasteiger partial charge on any atom is -0.0856 e. The molecule has 25 heavy (non-hydrogen) atoms. The summed E-state index contributed by atoms with van der Waals surface area (Å²) in [6.45, 7) is 11.1. The van der Waals surface area contributed by atoms with E-state index in [1.807, 2.05) is 0 Å². The van der Waals surface area contributed by atoms with E-state index in [0.29, 0.717) is 5.92 Å². The Bertz CT molecular complexity index is 592. The smallest absolute Gasteiger partial charge is 0.00103 e. The summed E-state index contributed by atoms with van der Waals surface area (Å²) in [5.74, 6) is 0.487. The van der Waals surface area contributed by atoms with Crippen LogP contribution in [0, 0.1) is 0 Å². The number of hydrogen-bond acceptors (Lipinski definition) is 0. The van der Waals surface area contributed by atoms with Gasteiger partial charge >= 0.3 is 0 Å². The first-order valence-corrected chi connectivity index (χ1v) is 9.65. The molecular weight excluding hydrogens is 300 g/mol. The Balaban J connectivity index is 2.29. The number of allylic oxidation sites excluding steroid dienone is 8. The summed E-state index contributed by atoms with van der Waals surface area (Å²) in [7, 11) is 0. The van der Waals surface area contributed by atoms with Crippen molar-refractivity contribution in [3.05, 3.63) is 83.0 Å². The van der Waals surface area contributed by atoms with Gasteiger partial charge in [-0.05, 0) is 71.3 Å². The maximum absolute atomic E-state index is 2.41. The average Bonchev–Trinajstić information content (AvgIpc) is 2.59. The lowest BCUT2D eigenvalue weighted by atomic mass is 10.0. The van der Waals surface area contributed by atoms with Crippen LogP contribution in [0.1, 0.15) is 78.2 Å². The first kappa shape index (κ1) is 21.2. The molecule has 1 unspecified atom stereocenters. The molecule has 136 valence electrons. The molecule has 1 aromatic rings. The van der Waals surface area contributed by atoms with Gasteiger partial charge in [0.15, 0.2) is 0 Å². The summed E-state index contributed by atoms with van der Waals surface area (Å²) in [6, 6.07) is 10.7. The van der Waals surface area contributed by atoms with Crippen molar-refractivity contribution in [2.45, 2.75) is 72.6 Å². The highest BCUT2D eigenvalue weighted by molar-refractivity contribution is 5.23. The largest absolute Gasteiger partial charge is 0.0856 e. The summed E-state index contributed by atoms with van der Waals surface area (Å²) < 4.78 is 0. The molecule has 0 aliphatic heterocycles. The van der Waals surface area contributed by atoms with Crippen molar-refractivity contribution in [2.24, 2.45) is 0 Å². The fraction of sp³-hybridized carbons (Fsp3) is 0.440. The zero-order chi connectivity index (χ0) is 18.5. The van der Waals surface area contributed by atoms with Crippen molar-refractivity contribution in [1.82, 2.24) is 0 Å². The molecule has 0 aliphatic rings. The van der Waals surface area contributed by atoms with Gasteiger partial charge < -0.3 is 0 Å². The molecule has 0 heteroatoms. The number of benzene rings is 1. The van der Waals surface area contributed by atoms with Crippen LogP contribution in [0.15, 0.2) is 77.4 Å². The van der Waals surface area contributed by atoms with Crippen LogP contribution in [0.3, 0.4) is 0 Å². The van der Waals surface area contributed by atoms with Gasteiger partial charge in [-0.3, -0.25) is 0 Å². The third-order valence-corrected chi connectivity index (χ3v) is 4.48. The van der Waals surface area contributed by atoms with Gasteiger partial charge in [0.1, 0.15) is 0 Å². The van der Waals surface area contributed by atoms with Gasteiger partial charge in [0.25, 0.3) is 0 Å². The van der Waals surface area contributed by atoms with Crippen molar-refractivity contribution in [1.29, 1.82) is 0 Å². The van der Waals surface area contributed by atoms with Crippen LogP contribution in [0.5, 0.6) is 0 Å². The van der Waals surface area contributed by atoms with Crippen LogP contribution >= 0.6 is 0 Å². The number of hydrogen-bond donors (Lipinski definition) is 0. The summed E-state index contributed by atoms with van der Waals surface area (Å²) in [6.07, 6.45) is 17.4. The Morgan fingerprint density at radius 1 is 0.840 bits per heavy atom. The summed E-state index contributed by atoms with van der Waals surface area (Å²) >= 11 is 0. The van der Waals surface area contributed by atoms with E-state index in [-0.39, 0.29) is 0 Å². The quantitative estimate of drug-likeness (QED) is 0.378. The first-order chi connectivity index (χ1) is 12.0. The van der Waals surface area contributed by atoms with Crippen LogP contribution < -0.4 is 0 Å². The summed E-state index contributed by atoms with van der Waals surface area (Å²) in [4.78, 5) is 0. The Hall–Kier alpha value is -1.82. The Morgan fingerprint density at radius 3 is 2.08 bits per heavy atom. The molecule has 1 aromatic carbocycles. The van der Waals surface area contributed by atoms with Crippen molar-refractivity contribution < 1.29 is 0 Å². The predicted octanol–water partition coefficient (Wildman–Crippen LogP) is 8.16. The Morgan fingerprint density at radius 2 is 1.44 bits per heavy atom. The van der Waals surface area contributed by atoms with Crippen LogP contribution in [0.25, 0.3) is 0 Å². The van der Waals surface area contributed by atoms with Crippen molar-refractivity contribution in [2.75, 3.05) is 0 Å². The molecule has 0 aromatic heterocycles. The zero-order valence-electron chi connectivity index (χ0n) is 16.9. The molecule has 0 amide bonds. The molecule has 0 aliphatic carbocycles. The average molecular weight is 337 g/mol. The second kappa shape index (κ2) is 12.5. The highest BCUT2D eigenvalue weighted by atomic mass is 14.0. The van der Waals surface area contributed by atoms with Gasteiger partial charge in [0, 0.05) is 0 Å². The van der Waals surface area contributed by atoms with Crippen LogP contribution in [-0.2, 0) is 0 Å². The molecular formula is C25H36. The van der Waals surface area contributed by atoms with Crippen molar-refractivity contribution in [3.63, 3.8) is 0 Å². The second-order valence-electron chi connectivity index (χ2n) is 7.32. The highest BCUT2D eigenvalue weighted by Gasteiger charge is 1.98. The van der Waals surface area contributed by atoms with Gasteiger partial charge in [-0.1, -0.05) is 84.4 Å². The minimum atomic E-state index is 0.487. The van der Waals surface area contributed by atoms with E-state index in [4.69, 9.17) is 0 Å². The van der Waals surface area contributed by atoms with Crippen LogP contribution in [-0.4, -0.2) is 0 Å². The molecule has 0 saturated carbocycles. The molecule has 0 heterocycles. The zero-order valence-corrected chi connectivity index (χ0v) is 16.9.